The Morgan fingerprint density at radius 2 is 1.74 bits per heavy atom. The van der Waals surface area contributed by atoms with E-state index < -0.39 is 0 Å². The minimum absolute atomic E-state index is 0.103. The van der Waals surface area contributed by atoms with E-state index in [9.17, 15) is 0 Å². The summed E-state index contributed by atoms with van der Waals surface area (Å²) in [5.41, 5.74) is 3.89. The van der Waals surface area contributed by atoms with E-state index in [1.165, 1.54) is 17.0 Å². The molecule has 0 amide bonds. The minimum atomic E-state index is 0.103. The summed E-state index contributed by atoms with van der Waals surface area (Å²) in [5, 5.41) is 4.81. The van der Waals surface area contributed by atoms with E-state index in [4.69, 9.17) is 5.10 Å². The largest absolute Gasteiger partial charge is 0.265 e. The molecule has 0 N–H and O–H groups in total. The Labute approximate surface area is 116 Å². The zero-order valence-corrected chi connectivity index (χ0v) is 12.6. The normalized spacial score (nSPS) is 12.1. The fourth-order valence-electron chi connectivity index (χ4n) is 2.15. The fourth-order valence-corrected chi connectivity index (χ4v) is 2.15. The molecule has 0 bridgehead atoms. The molecule has 2 heteroatoms. The maximum Gasteiger partial charge on any atom is 0.0681 e. The monoisotopic (exact) mass is 256 g/mol. The summed E-state index contributed by atoms with van der Waals surface area (Å²) in [4.78, 5) is 0. The highest BCUT2D eigenvalue weighted by Gasteiger charge is 2.20. The van der Waals surface area contributed by atoms with Crippen LogP contribution in [0, 0.1) is 0 Å². The van der Waals surface area contributed by atoms with Gasteiger partial charge in [0.25, 0.3) is 0 Å². The van der Waals surface area contributed by atoms with Crippen LogP contribution in [0.1, 0.15) is 57.5 Å². The number of hydrogen-bond acceptors (Lipinski definition) is 1. The second-order valence-electron chi connectivity index (χ2n) is 6.50. The van der Waals surface area contributed by atoms with Gasteiger partial charge < -0.3 is 0 Å². The Balaban J connectivity index is 2.36. The second-order valence-corrected chi connectivity index (χ2v) is 6.50. The standard InChI is InChI=1S/C17H24N2/c1-13(2)15-11-16(17(3,4)5)18-19(15)12-14-9-7-6-8-10-14/h6-11,13H,12H2,1-5H3. The van der Waals surface area contributed by atoms with Crippen LogP contribution in [0.3, 0.4) is 0 Å². The third-order valence-corrected chi connectivity index (χ3v) is 3.35. The minimum Gasteiger partial charge on any atom is -0.265 e. The molecule has 1 aromatic carbocycles. The van der Waals surface area contributed by atoms with Crippen molar-refractivity contribution in [2.45, 2.75) is 52.5 Å². The molecule has 0 aliphatic carbocycles. The molecule has 2 nitrogen and oxygen atoms in total. The van der Waals surface area contributed by atoms with Crippen LogP contribution in [-0.4, -0.2) is 9.78 Å². The van der Waals surface area contributed by atoms with Crippen molar-refractivity contribution in [3.05, 3.63) is 53.3 Å². The average molecular weight is 256 g/mol. The van der Waals surface area contributed by atoms with E-state index in [0.29, 0.717) is 5.92 Å². The molecule has 0 fully saturated rings. The fraction of sp³-hybridized carbons (Fsp3) is 0.471. The summed E-state index contributed by atoms with van der Waals surface area (Å²) < 4.78 is 2.15. The van der Waals surface area contributed by atoms with Gasteiger partial charge >= 0.3 is 0 Å². The first-order chi connectivity index (χ1) is 8.88. The highest BCUT2D eigenvalue weighted by molar-refractivity contribution is 5.22. The van der Waals surface area contributed by atoms with Crippen LogP contribution in [0.5, 0.6) is 0 Å². The molecule has 0 saturated carbocycles. The first-order valence-corrected chi connectivity index (χ1v) is 7.00. The van der Waals surface area contributed by atoms with Gasteiger partial charge in [-0.2, -0.15) is 5.10 Å². The summed E-state index contributed by atoms with van der Waals surface area (Å²) in [6.45, 7) is 11.9. The van der Waals surface area contributed by atoms with Crippen molar-refractivity contribution in [1.29, 1.82) is 0 Å². The summed E-state index contributed by atoms with van der Waals surface area (Å²) >= 11 is 0. The van der Waals surface area contributed by atoms with Crippen LogP contribution in [-0.2, 0) is 12.0 Å². The molecule has 0 saturated heterocycles. The summed E-state index contributed by atoms with van der Waals surface area (Å²) in [6, 6.07) is 12.8. The van der Waals surface area contributed by atoms with Crippen LogP contribution in [0.15, 0.2) is 36.4 Å². The van der Waals surface area contributed by atoms with Gasteiger partial charge in [0.05, 0.1) is 12.2 Å². The van der Waals surface area contributed by atoms with E-state index in [1.807, 2.05) is 0 Å². The SMILES string of the molecule is CC(C)c1cc(C(C)(C)C)nn1Cc1ccccc1. The van der Waals surface area contributed by atoms with Gasteiger partial charge in [-0.05, 0) is 17.5 Å². The topological polar surface area (TPSA) is 17.8 Å². The highest BCUT2D eigenvalue weighted by Crippen LogP contribution is 2.25. The van der Waals surface area contributed by atoms with Gasteiger partial charge in [-0.1, -0.05) is 65.0 Å². The predicted molar refractivity (Wildman–Crippen MR) is 80.6 cm³/mol. The van der Waals surface area contributed by atoms with Crippen molar-refractivity contribution in [3.8, 4) is 0 Å². The van der Waals surface area contributed by atoms with Gasteiger partial charge in [0, 0.05) is 11.1 Å². The molecule has 2 aromatic rings. The lowest BCUT2D eigenvalue weighted by molar-refractivity contribution is 0.538. The van der Waals surface area contributed by atoms with Crippen LogP contribution < -0.4 is 0 Å². The highest BCUT2D eigenvalue weighted by atomic mass is 15.3. The Kier molecular flexibility index (Phi) is 3.79. The number of benzene rings is 1. The Morgan fingerprint density at radius 3 is 2.26 bits per heavy atom. The molecule has 1 heterocycles. The summed E-state index contributed by atoms with van der Waals surface area (Å²) in [5.74, 6) is 0.493. The molecule has 1 aromatic heterocycles. The molecule has 19 heavy (non-hydrogen) atoms. The van der Waals surface area contributed by atoms with Crippen LogP contribution >= 0.6 is 0 Å². The zero-order chi connectivity index (χ0) is 14.0. The van der Waals surface area contributed by atoms with Crippen molar-refractivity contribution in [2.75, 3.05) is 0 Å². The van der Waals surface area contributed by atoms with Crippen LogP contribution in [0.4, 0.5) is 0 Å². The molecular weight excluding hydrogens is 232 g/mol. The molecule has 0 aliphatic heterocycles. The molecule has 0 unspecified atom stereocenters. The van der Waals surface area contributed by atoms with E-state index in [-0.39, 0.29) is 5.41 Å². The third kappa shape index (κ3) is 3.25. The quantitative estimate of drug-likeness (QED) is 0.798. The van der Waals surface area contributed by atoms with Gasteiger partial charge in [-0.15, -0.1) is 0 Å². The smallest absolute Gasteiger partial charge is 0.0681 e. The van der Waals surface area contributed by atoms with Crippen LogP contribution in [0.2, 0.25) is 0 Å². The summed E-state index contributed by atoms with van der Waals surface area (Å²) in [6.07, 6.45) is 0. The van der Waals surface area contributed by atoms with E-state index in [0.717, 1.165) is 6.54 Å². The van der Waals surface area contributed by atoms with Crippen molar-refractivity contribution in [3.63, 3.8) is 0 Å². The lowest BCUT2D eigenvalue weighted by Gasteiger charge is -2.14. The Morgan fingerprint density at radius 1 is 1.11 bits per heavy atom. The number of rotatable bonds is 3. The van der Waals surface area contributed by atoms with Crippen molar-refractivity contribution in [2.24, 2.45) is 0 Å². The third-order valence-electron chi connectivity index (χ3n) is 3.35. The number of aromatic nitrogens is 2. The molecule has 0 atom stereocenters. The van der Waals surface area contributed by atoms with Gasteiger partial charge in [0.2, 0.25) is 0 Å². The molecule has 0 aliphatic rings. The lowest BCUT2D eigenvalue weighted by Crippen LogP contribution is -2.13. The number of nitrogens with zero attached hydrogens (tertiary/aromatic N) is 2. The molecule has 102 valence electrons. The van der Waals surface area contributed by atoms with Gasteiger partial charge in [-0.25, -0.2) is 0 Å². The Hall–Kier alpha value is -1.57. The van der Waals surface area contributed by atoms with E-state index in [1.54, 1.807) is 0 Å². The Bertz CT molecular complexity index is 530. The first kappa shape index (κ1) is 13.9. The molecule has 0 radical (unpaired) electrons. The first-order valence-electron chi connectivity index (χ1n) is 7.00. The van der Waals surface area contributed by atoms with Gasteiger partial charge in [0.15, 0.2) is 0 Å². The lowest BCUT2D eigenvalue weighted by atomic mass is 9.92. The number of hydrogen-bond donors (Lipinski definition) is 0. The molecule has 0 spiro atoms. The average Bonchev–Trinajstić information content (AvgIpc) is 2.74. The molecular formula is C17H24N2. The van der Waals surface area contributed by atoms with Crippen LogP contribution in [0.25, 0.3) is 0 Å². The summed E-state index contributed by atoms with van der Waals surface area (Å²) in [7, 11) is 0. The van der Waals surface area contributed by atoms with Crippen molar-refractivity contribution in [1.82, 2.24) is 9.78 Å². The maximum atomic E-state index is 4.81. The second kappa shape index (κ2) is 5.20. The zero-order valence-electron chi connectivity index (χ0n) is 12.6. The van der Waals surface area contributed by atoms with Gasteiger partial charge in [0.1, 0.15) is 0 Å². The van der Waals surface area contributed by atoms with Crippen molar-refractivity contribution >= 4 is 0 Å². The molecule has 2 rings (SSSR count). The van der Waals surface area contributed by atoms with E-state index >= 15 is 0 Å². The van der Waals surface area contributed by atoms with Crippen molar-refractivity contribution < 1.29 is 0 Å². The van der Waals surface area contributed by atoms with E-state index in [2.05, 4.69) is 75.7 Å². The predicted octanol–water partition coefficient (Wildman–Crippen LogP) is 4.35. The van der Waals surface area contributed by atoms with Gasteiger partial charge in [-0.3, -0.25) is 4.68 Å². The maximum absolute atomic E-state index is 4.81.